The van der Waals surface area contributed by atoms with E-state index < -0.39 is 0 Å². The molecule has 1 N–H and O–H groups in total. The van der Waals surface area contributed by atoms with E-state index in [-0.39, 0.29) is 6.61 Å². The minimum atomic E-state index is -0.0415. The van der Waals surface area contributed by atoms with E-state index in [1.807, 2.05) is 13.8 Å². The molecular formula is C9H12ClNO. The van der Waals surface area contributed by atoms with Crippen molar-refractivity contribution in [1.82, 2.24) is 4.98 Å². The highest BCUT2D eigenvalue weighted by molar-refractivity contribution is 6.31. The first-order valence-electron chi connectivity index (χ1n) is 3.91. The molecule has 3 heteroatoms. The molecular weight excluding hydrogens is 174 g/mol. The fourth-order valence-corrected chi connectivity index (χ4v) is 1.35. The van der Waals surface area contributed by atoms with Crippen LogP contribution in [0.4, 0.5) is 0 Å². The van der Waals surface area contributed by atoms with E-state index in [1.165, 1.54) is 0 Å². The second-order valence-corrected chi connectivity index (χ2v) is 3.38. The number of halogens is 1. The van der Waals surface area contributed by atoms with Gasteiger partial charge in [-0.1, -0.05) is 25.4 Å². The van der Waals surface area contributed by atoms with E-state index in [0.29, 0.717) is 10.9 Å². The number of hydrogen-bond donors (Lipinski definition) is 1. The Labute approximate surface area is 77.2 Å². The monoisotopic (exact) mass is 185 g/mol. The molecule has 0 saturated carbocycles. The first kappa shape index (κ1) is 9.49. The van der Waals surface area contributed by atoms with Crippen molar-refractivity contribution in [2.75, 3.05) is 0 Å². The van der Waals surface area contributed by atoms with Crippen LogP contribution in [-0.2, 0) is 6.61 Å². The summed E-state index contributed by atoms with van der Waals surface area (Å²) in [4.78, 5) is 4.17. The predicted octanol–water partition coefficient (Wildman–Crippen LogP) is 2.35. The van der Waals surface area contributed by atoms with Crippen molar-refractivity contribution in [3.8, 4) is 0 Å². The van der Waals surface area contributed by atoms with E-state index in [9.17, 15) is 0 Å². The van der Waals surface area contributed by atoms with E-state index in [0.717, 1.165) is 11.3 Å². The molecule has 1 rings (SSSR count). The fourth-order valence-electron chi connectivity index (χ4n) is 1.14. The molecule has 2 nitrogen and oxygen atoms in total. The zero-order valence-corrected chi connectivity index (χ0v) is 7.97. The van der Waals surface area contributed by atoms with Crippen LogP contribution < -0.4 is 0 Å². The largest absolute Gasteiger partial charge is 0.392 e. The van der Waals surface area contributed by atoms with E-state index in [4.69, 9.17) is 16.7 Å². The molecule has 0 bridgehead atoms. The Balaban J connectivity index is 3.18. The van der Waals surface area contributed by atoms with Crippen molar-refractivity contribution in [1.29, 1.82) is 0 Å². The van der Waals surface area contributed by atoms with Gasteiger partial charge in [-0.25, -0.2) is 0 Å². The summed E-state index contributed by atoms with van der Waals surface area (Å²) in [6.45, 7) is 4.01. The van der Waals surface area contributed by atoms with Crippen LogP contribution in [0.1, 0.15) is 31.0 Å². The molecule has 0 aromatic carbocycles. The summed E-state index contributed by atoms with van der Waals surface area (Å²) >= 11 is 5.87. The molecule has 1 heterocycles. The third kappa shape index (κ3) is 1.76. The Bertz CT molecular complexity index is 273. The third-order valence-corrected chi connectivity index (χ3v) is 2.09. The summed E-state index contributed by atoms with van der Waals surface area (Å²) < 4.78 is 0. The summed E-state index contributed by atoms with van der Waals surface area (Å²) in [6.07, 6.45) is 1.66. The van der Waals surface area contributed by atoms with Crippen LogP contribution >= 0.6 is 11.6 Å². The van der Waals surface area contributed by atoms with E-state index in [1.54, 1.807) is 12.3 Å². The molecule has 0 unspecified atom stereocenters. The van der Waals surface area contributed by atoms with Gasteiger partial charge in [0.15, 0.2) is 0 Å². The van der Waals surface area contributed by atoms with Gasteiger partial charge < -0.3 is 5.11 Å². The number of aliphatic hydroxyl groups excluding tert-OH is 1. The predicted molar refractivity (Wildman–Crippen MR) is 49.3 cm³/mol. The molecule has 12 heavy (non-hydrogen) atoms. The molecule has 0 fully saturated rings. The molecule has 1 aromatic rings. The molecule has 1 aromatic heterocycles. The van der Waals surface area contributed by atoms with Gasteiger partial charge in [0.05, 0.1) is 6.61 Å². The summed E-state index contributed by atoms with van der Waals surface area (Å²) in [5.41, 5.74) is 1.62. The normalized spacial score (nSPS) is 10.8. The maximum absolute atomic E-state index is 9.02. The van der Waals surface area contributed by atoms with Crippen LogP contribution in [-0.4, -0.2) is 10.1 Å². The van der Waals surface area contributed by atoms with Crippen LogP contribution in [0.15, 0.2) is 12.3 Å². The van der Waals surface area contributed by atoms with Crippen LogP contribution in [0.3, 0.4) is 0 Å². The number of nitrogens with zero attached hydrogens (tertiary/aromatic N) is 1. The molecule has 66 valence electrons. The van der Waals surface area contributed by atoms with Crippen molar-refractivity contribution < 1.29 is 5.11 Å². The van der Waals surface area contributed by atoms with Gasteiger partial charge in [0.2, 0.25) is 0 Å². The SMILES string of the molecule is CC(C)c1nccc(Cl)c1CO. The van der Waals surface area contributed by atoms with Crippen LogP contribution in [0, 0.1) is 0 Å². The maximum Gasteiger partial charge on any atom is 0.0714 e. The Morgan fingerprint density at radius 2 is 2.25 bits per heavy atom. The Hall–Kier alpha value is -0.600. The highest BCUT2D eigenvalue weighted by atomic mass is 35.5. The second kappa shape index (κ2) is 3.87. The fraction of sp³-hybridized carbons (Fsp3) is 0.444. The van der Waals surface area contributed by atoms with Crippen LogP contribution in [0.25, 0.3) is 0 Å². The van der Waals surface area contributed by atoms with Crippen molar-refractivity contribution >= 4 is 11.6 Å². The van der Waals surface area contributed by atoms with Gasteiger partial charge in [-0.3, -0.25) is 4.98 Å². The van der Waals surface area contributed by atoms with Crippen LogP contribution in [0.5, 0.6) is 0 Å². The molecule has 0 radical (unpaired) electrons. The molecule has 0 aliphatic carbocycles. The van der Waals surface area contributed by atoms with Gasteiger partial charge in [-0.15, -0.1) is 0 Å². The molecule has 0 saturated heterocycles. The highest BCUT2D eigenvalue weighted by Crippen LogP contribution is 2.23. The Morgan fingerprint density at radius 1 is 1.58 bits per heavy atom. The minimum absolute atomic E-state index is 0.0415. The lowest BCUT2D eigenvalue weighted by Gasteiger charge is -2.10. The van der Waals surface area contributed by atoms with Gasteiger partial charge >= 0.3 is 0 Å². The standard InChI is InChI=1S/C9H12ClNO/c1-6(2)9-7(5-12)8(10)3-4-11-9/h3-4,6,12H,5H2,1-2H3. The van der Waals surface area contributed by atoms with Crippen molar-refractivity contribution in [2.24, 2.45) is 0 Å². The van der Waals surface area contributed by atoms with E-state index in [2.05, 4.69) is 4.98 Å². The summed E-state index contributed by atoms with van der Waals surface area (Å²) in [5, 5.41) is 9.62. The quantitative estimate of drug-likeness (QED) is 0.768. The maximum atomic E-state index is 9.02. The molecule has 0 aliphatic rings. The van der Waals surface area contributed by atoms with Crippen LogP contribution in [0.2, 0.25) is 5.02 Å². The molecule has 0 atom stereocenters. The van der Waals surface area contributed by atoms with Gasteiger partial charge in [0.25, 0.3) is 0 Å². The van der Waals surface area contributed by atoms with Gasteiger partial charge in [-0.05, 0) is 12.0 Å². The molecule has 0 amide bonds. The Morgan fingerprint density at radius 3 is 2.67 bits per heavy atom. The van der Waals surface area contributed by atoms with E-state index >= 15 is 0 Å². The first-order valence-corrected chi connectivity index (χ1v) is 4.28. The number of aliphatic hydroxyl groups is 1. The van der Waals surface area contributed by atoms with Crippen molar-refractivity contribution in [2.45, 2.75) is 26.4 Å². The second-order valence-electron chi connectivity index (χ2n) is 2.97. The molecule has 0 aliphatic heterocycles. The zero-order valence-electron chi connectivity index (χ0n) is 7.21. The number of aromatic nitrogens is 1. The molecule has 0 spiro atoms. The van der Waals surface area contributed by atoms with Gasteiger partial charge in [0.1, 0.15) is 0 Å². The number of rotatable bonds is 2. The minimum Gasteiger partial charge on any atom is -0.392 e. The summed E-state index contributed by atoms with van der Waals surface area (Å²) in [7, 11) is 0. The van der Waals surface area contributed by atoms with Gasteiger partial charge in [-0.2, -0.15) is 0 Å². The number of pyridine rings is 1. The zero-order chi connectivity index (χ0) is 9.14. The topological polar surface area (TPSA) is 33.1 Å². The smallest absolute Gasteiger partial charge is 0.0714 e. The summed E-state index contributed by atoms with van der Waals surface area (Å²) in [6, 6.07) is 1.69. The van der Waals surface area contributed by atoms with Gasteiger partial charge in [0, 0.05) is 22.5 Å². The highest BCUT2D eigenvalue weighted by Gasteiger charge is 2.09. The average Bonchev–Trinajstić information content (AvgIpc) is 2.03. The first-order chi connectivity index (χ1) is 5.66. The average molecular weight is 186 g/mol. The Kier molecular flexibility index (Phi) is 3.06. The van der Waals surface area contributed by atoms with Crippen molar-refractivity contribution in [3.63, 3.8) is 0 Å². The lowest BCUT2D eigenvalue weighted by Crippen LogP contribution is -2.00. The lowest BCUT2D eigenvalue weighted by atomic mass is 10.0. The number of hydrogen-bond acceptors (Lipinski definition) is 2. The van der Waals surface area contributed by atoms with Crippen molar-refractivity contribution in [3.05, 3.63) is 28.5 Å². The third-order valence-electron chi connectivity index (χ3n) is 1.74. The lowest BCUT2D eigenvalue weighted by molar-refractivity contribution is 0.279. The summed E-state index contributed by atoms with van der Waals surface area (Å²) in [5.74, 6) is 0.297.